The summed E-state index contributed by atoms with van der Waals surface area (Å²) in [6.45, 7) is -0.185. The zero-order valence-corrected chi connectivity index (χ0v) is 14.8. The van der Waals surface area contributed by atoms with E-state index in [-0.39, 0.29) is 23.6 Å². The van der Waals surface area contributed by atoms with Crippen LogP contribution in [-0.4, -0.2) is 33.0 Å². The fourth-order valence-electron chi connectivity index (χ4n) is 2.54. The number of ether oxygens (including phenoxy) is 2. The first-order chi connectivity index (χ1) is 13.8. The number of benzene rings is 1. The molecule has 0 amide bonds. The van der Waals surface area contributed by atoms with E-state index in [0.29, 0.717) is 11.1 Å². The van der Waals surface area contributed by atoms with Gasteiger partial charge in [0.1, 0.15) is 24.4 Å². The molecule has 0 aliphatic rings. The maximum absolute atomic E-state index is 12.3. The number of alkyl halides is 3. The number of pyridine rings is 1. The molecule has 0 fully saturated rings. The van der Waals surface area contributed by atoms with Crippen LogP contribution >= 0.6 is 0 Å². The Labute approximate surface area is 164 Å². The number of terminal acetylenes is 1. The Morgan fingerprint density at radius 3 is 2.17 bits per heavy atom. The molecular weight excluding hydrogens is 387 g/mol. The van der Waals surface area contributed by atoms with Gasteiger partial charge in [0, 0.05) is 24.2 Å². The molecule has 0 saturated heterocycles. The number of nitrogens with zero attached hydrogens (tertiary/aromatic N) is 3. The van der Waals surface area contributed by atoms with Gasteiger partial charge in [0.05, 0.1) is 5.56 Å². The third kappa shape index (κ3) is 4.87. The molecule has 1 aromatic carbocycles. The minimum atomic E-state index is -4.76. The molecule has 9 heteroatoms. The second kappa shape index (κ2) is 8.26. The smallest absolute Gasteiger partial charge is 0.406 e. The summed E-state index contributed by atoms with van der Waals surface area (Å²) in [5.74, 6) is -0.00986. The van der Waals surface area contributed by atoms with Gasteiger partial charge >= 0.3 is 6.36 Å². The summed E-state index contributed by atoms with van der Waals surface area (Å²) in [7, 11) is 0. The van der Waals surface area contributed by atoms with E-state index >= 15 is 0 Å². The zero-order valence-electron chi connectivity index (χ0n) is 14.8. The minimum Gasteiger partial charge on any atom is -0.406 e. The molecule has 0 radical (unpaired) electrons. The summed E-state index contributed by atoms with van der Waals surface area (Å²) in [6, 6.07) is 8.47. The lowest BCUT2D eigenvalue weighted by Gasteiger charge is -2.26. The van der Waals surface area contributed by atoms with Gasteiger partial charge in [-0.25, -0.2) is 9.97 Å². The molecule has 2 heterocycles. The highest BCUT2D eigenvalue weighted by Gasteiger charge is 2.35. The maximum Gasteiger partial charge on any atom is 0.573 e. The van der Waals surface area contributed by atoms with Crippen molar-refractivity contribution in [1.82, 2.24) is 15.0 Å². The van der Waals surface area contributed by atoms with Gasteiger partial charge in [-0.3, -0.25) is 4.98 Å². The third-order valence-corrected chi connectivity index (χ3v) is 3.85. The van der Waals surface area contributed by atoms with Crippen LogP contribution < -0.4 is 4.74 Å². The predicted octanol–water partition coefficient (Wildman–Crippen LogP) is 3.28. The highest BCUT2D eigenvalue weighted by atomic mass is 19.4. The first-order valence-electron chi connectivity index (χ1n) is 8.20. The Kier molecular flexibility index (Phi) is 5.77. The molecule has 0 bridgehead atoms. The van der Waals surface area contributed by atoms with Crippen LogP contribution in [0.15, 0.2) is 61.3 Å². The second-order valence-electron chi connectivity index (χ2n) is 5.77. The number of rotatable bonds is 6. The van der Waals surface area contributed by atoms with Gasteiger partial charge in [0.2, 0.25) is 5.79 Å². The van der Waals surface area contributed by atoms with Crippen LogP contribution in [0.25, 0.3) is 11.1 Å². The fourth-order valence-corrected chi connectivity index (χ4v) is 2.54. The van der Waals surface area contributed by atoms with Crippen LogP contribution in [0.2, 0.25) is 0 Å². The summed E-state index contributed by atoms with van der Waals surface area (Å²) in [5, 5.41) is 11.0. The number of halogens is 3. The second-order valence-corrected chi connectivity index (χ2v) is 5.77. The van der Waals surface area contributed by atoms with Crippen molar-refractivity contribution < 1.29 is 27.8 Å². The normalized spacial score (nSPS) is 13.3. The number of aromatic nitrogens is 3. The van der Waals surface area contributed by atoms with Crippen molar-refractivity contribution in [2.24, 2.45) is 0 Å². The summed E-state index contributed by atoms with van der Waals surface area (Å²) < 4.78 is 46.0. The van der Waals surface area contributed by atoms with E-state index in [0.717, 1.165) is 0 Å². The Bertz CT molecular complexity index is 988. The van der Waals surface area contributed by atoms with E-state index in [2.05, 4.69) is 25.6 Å². The average Bonchev–Trinajstić information content (AvgIpc) is 2.72. The van der Waals surface area contributed by atoms with Crippen LogP contribution in [0.1, 0.15) is 11.3 Å². The van der Waals surface area contributed by atoms with E-state index in [1.54, 1.807) is 6.07 Å². The van der Waals surface area contributed by atoms with Gasteiger partial charge in [-0.05, 0) is 23.8 Å². The molecule has 0 aliphatic carbocycles. The van der Waals surface area contributed by atoms with Crippen molar-refractivity contribution in [1.29, 1.82) is 0 Å². The highest BCUT2D eigenvalue weighted by molar-refractivity contribution is 5.63. The Morgan fingerprint density at radius 1 is 0.966 bits per heavy atom. The fraction of sp³-hybridized carbons (Fsp3) is 0.150. The van der Waals surface area contributed by atoms with E-state index in [9.17, 15) is 18.3 Å². The first kappa shape index (κ1) is 20.3. The minimum absolute atomic E-state index is 0.142. The molecule has 0 saturated carbocycles. The molecule has 0 spiro atoms. The van der Waals surface area contributed by atoms with Crippen molar-refractivity contribution in [2.75, 3.05) is 6.61 Å². The quantitative estimate of drug-likeness (QED) is 0.505. The number of hydrogen-bond acceptors (Lipinski definition) is 6. The largest absolute Gasteiger partial charge is 0.573 e. The summed E-state index contributed by atoms with van der Waals surface area (Å²) >= 11 is 0. The van der Waals surface area contributed by atoms with Gasteiger partial charge in [0.15, 0.2) is 0 Å². The Hall–Kier alpha value is -3.48. The molecule has 0 aliphatic heterocycles. The molecule has 3 aromatic rings. The van der Waals surface area contributed by atoms with Crippen molar-refractivity contribution in [3.05, 3.63) is 72.6 Å². The Morgan fingerprint density at radius 2 is 1.62 bits per heavy atom. The molecular formula is C20H14F3N3O3. The lowest BCUT2D eigenvalue weighted by atomic mass is 10.0. The lowest BCUT2D eigenvalue weighted by Crippen LogP contribution is -2.32. The van der Waals surface area contributed by atoms with Gasteiger partial charge < -0.3 is 14.6 Å². The van der Waals surface area contributed by atoms with Gasteiger partial charge in [0.25, 0.3) is 0 Å². The maximum atomic E-state index is 12.3. The van der Waals surface area contributed by atoms with Crippen molar-refractivity contribution in [3.63, 3.8) is 0 Å². The standard InChI is InChI=1S/C20H14F3N3O3/c1-2-9-28-19(27,16-11-24-13-25-12-16)18-8-5-15(10-26-18)14-3-6-17(7-4-14)29-20(21,22)23/h1,3-8,10-13,27H,9H2. The van der Waals surface area contributed by atoms with Crippen LogP contribution in [0.3, 0.4) is 0 Å². The van der Waals surface area contributed by atoms with Crippen molar-refractivity contribution >= 4 is 0 Å². The van der Waals surface area contributed by atoms with E-state index in [1.807, 2.05) is 0 Å². The van der Waals surface area contributed by atoms with Gasteiger partial charge in [-0.1, -0.05) is 24.1 Å². The average molecular weight is 401 g/mol. The van der Waals surface area contributed by atoms with Crippen LogP contribution in [-0.2, 0) is 10.5 Å². The first-order valence-corrected chi connectivity index (χ1v) is 8.20. The molecule has 29 heavy (non-hydrogen) atoms. The zero-order chi connectivity index (χ0) is 20.9. The van der Waals surface area contributed by atoms with E-state index in [1.165, 1.54) is 55.2 Å². The van der Waals surface area contributed by atoms with Gasteiger partial charge in [-0.15, -0.1) is 19.6 Å². The molecule has 1 N–H and O–H groups in total. The van der Waals surface area contributed by atoms with Crippen LogP contribution in [0.5, 0.6) is 5.75 Å². The topological polar surface area (TPSA) is 77.4 Å². The van der Waals surface area contributed by atoms with Crippen molar-refractivity contribution in [2.45, 2.75) is 12.1 Å². The summed E-state index contributed by atoms with van der Waals surface area (Å²) in [6.07, 6.45) is 5.96. The summed E-state index contributed by atoms with van der Waals surface area (Å²) in [4.78, 5) is 11.9. The number of aliphatic hydroxyl groups is 1. The van der Waals surface area contributed by atoms with Crippen LogP contribution in [0, 0.1) is 12.3 Å². The predicted molar refractivity (Wildman–Crippen MR) is 96.2 cm³/mol. The monoisotopic (exact) mass is 401 g/mol. The summed E-state index contributed by atoms with van der Waals surface area (Å²) in [5.41, 5.74) is 1.60. The van der Waals surface area contributed by atoms with Gasteiger partial charge in [-0.2, -0.15) is 0 Å². The molecule has 2 aromatic heterocycles. The van der Waals surface area contributed by atoms with Crippen molar-refractivity contribution in [3.8, 4) is 29.2 Å². The lowest BCUT2D eigenvalue weighted by molar-refractivity contribution is -0.274. The molecule has 1 atom stereocenters. The van der Waals surface area contributed by atoms with E-state index < -0.39 is 12.1 Å². The molecule has 3 rings (SSSR count). The molecule has 1 unspecified atom stereocenters. The highest BCUT2D eigenvalue weighted by Crippen LogP contribution is 2.31. The Balaban J connectivity index is 1.87. The van der Waals surface area contributed by atoms with E-state index in [4.69, 9.17) is 11.2 Å². The molecule has 6 nitrogen and oxygen atoms in total. The molecule has 148 valence electrons. The third-order valence-electron chi connectivity index (χ3n) is 3.85. The number of hydrogen-bond donors (Lipinski definition) is 1. The SMILES string of the molecule is C#CCOC(O)(c1cncnc1)c1ccc(-c2ccc(OC(F)(F)F)cc2)cn1. The van der Waals surface area contributed by atoms with Crippen LogP contribution in [0.4, 0.5) is 13.2 Å².